The number of allylic oxidation sites excluding steroid dienone is 1. The van der Waals surface area contributed by atoms with Gasteiger partial charge in [0.2, 0.25) is 0 Å². The molecule has 0 unspecified atom stereocenters. The Labute approximate surface area is 77.0 Å². The van der Waals surface area contributed by atoms with Gasteiger partial charge >= 0.3 is 10.3 Å². The van der Waals surface area contributed by atoms with E-state index in [1.165, 1.54) is 0 Å². The van der Waals surface area contributed by atoms with Gasteiger partial charge < -0.3 is 4.18 Å². The minimum atomic E-state index is -3.89. The smallest absolute Gasteiger partial charge is 0.371 e. The lowest BCUT2D eigenvalue weighted by Gasteiger charge is -2.18. The number of hydrogen-bond donors (Lipinski definition) is 1. The molecule has 5 nitrogen and oxygen atoms in total. The minimum Gasteiger partial charge on any atom is -0.371 e. The fourth-order valence-electron chi connectivity index (χ4n) is 1.14. The van der Waals surface area contributed by atoms with Crippen molar-refractivity contribution in [3.63, 3.8) is 0 Å². The van der Waals surface area contributed by atoms with Crippen molar-refractivity contribution in [3.8, 4) is 0 Å². The molecule has 0 aromatic rings. The first-order valence-electron chi connectivity index (χ1n) is 3.98. The molecule has 0 aromatic heterocycles. The quantitative estimate of drug-likeness (QED) is 0.710. The van der Waals surface area contributed by atoms with Gasteiger partial charge in [-0.2, -0.15) is 8.42 Å². The van der Waals surface area contributed by atoms with E-state index in [0.717, 1.165) is 0 Å². The maximum absolute atomic E-state index is 11.2. The van der Waals surface area contributed by atoms with Crippen LogP contribution in [0.1, 0.15) is 26.7 Å². The van der Waals surface area contributed by atoms with E-state index in [2.05, 4.69) is 4.18 Å². The molecule has 0 saturated carbocycles. The van der Waals surface area contributed by atoms with Gasteiger partial charge in [0.15, 0.2) is 0 Å². The lowest BCUT2D eigenvalue weighted by Crippen LogP contribution is -2.37. The van der Waals surface area contributed by atoms with Crippen molar-refractivity contribution < 1.29 is 17.4 Å². The first kappa shape index (κ1) is 10.0. The number of carbonyl (C=O) groups excluding carboxylic acids is 1. The van der Waals surface area contributed by atoms with E-state index in [4.69, 9.17) is 0 Å². The SMILES string of the molecule is CCC1=C(CC)C(=O)NS(=O)(=O)O1. The molecule has 1 aliphatic heterocycles. The normalized spacial score (nSPS) is 20.9. The number of rotatable bonds is 2. The minimum absolute atomic E-state index is 0.242. The highest BCUT2D eigenvalue weighted by molar-refractivity contribution is 7.85. The van der Waals surface area contributed by atoms with Gasteiger partial charge in [-0.15, -0.1) is 0 Å². The Morgan fingerprint density at radius 2 is 1.92 bits per heavy atom. The summed E-state index contributed by atoms with van der Waals surface area (Å²) in [5, 5.41) is 0. The molecule has 0 bridgehead atoms. The summed E-state index contributed by atoms with van der Waals surface area (Å²) in [5.74, 6) is -0.336. The van der Waals surface area contributed by atoms with Crippen LogP contribution in [0.2, 0.25) is 0 Å². The van der Waals surface area contributed by atoms with E-state index >= 15 is 0 Å². The summed E-state index contributed by atoms with van der Waals surface area (Å²) >= 11 is 0. The lowest BCUT2D eigenvalue weighted by molar-refractivity contribution is -0.116. The molecule has 1 amide bonds. The molecule has 0 atom stereocenters. The van der Waals surface area contributed by atoms with Gasteiger partial charge in [-0.05, 0) is 6.42 Å². The zero-order valence-electron chi connectivity index (χ0n) is 7.46. The van der Waals surface area contributed by atoms with Crippen LogP contribution in [-0.4, -0.2) is 14.3 Å². The van der Waals surface area contributed by atoms with E-state index in [1.54, 1.807) is 18.6 Å². The van der Waals surface area contributed by atoms with Crippen LogP contribution in [0.15, 0.2) is 11.3 Å². The molecule has 1 rings (SSSR count). The van der Waals surface area contributed by atoms with Crippen molar-refractivity contribution in [2.45, 2.75) is 26.7 Å². The van der Waals surface area contributed by atoms with Crippen molar-refractivity contribution in [1.82, 2.24) is 4.72 Å². The van der Waals surface area contributed by atoms with E-state index in [1.807, 2.05) is 0 Å². The van der Waals surface area contributed by atoms with Gasteiger partial charge in [-0.3, -0.25) is 4.79 Å². The van der Waals surface area contributed by atoms with E-state index in [0.29, 0.717) is 18.4 Å². The van der Waals surface area contributed by atoms with Crippen molar-refractivity contribution >= 4 is 16.2 Å². The molecule has 1 N–H and O–H groups in total. The Kier molecular flexibility index (Phi) is 2.60. The molecule has 0 aliphatic carbocycles. The molecular weight excluding hydrogens is 194 g/mol. The average molecular weight is 205 g/mol. The molecule has 0 saturated heterocycles. The molecule has 1 heterocycles. The first-order valence-corrected chi connectivity index (χ1v) is 5.39. The van der Waals surface area contributed by atoms with E-state index in [9.17, 15) is 13.2 Å². The van der Waals surface area contributed by atoms with Crippen molar-refractivity contribution in [3.05, 3.63) is 11.3 Å². The Hall–Kier alpha value is -1.04. The van der Waals surface area contributed by atoms with E-state index in [-0.39, 0.29) is 5.76 Å². The van der Waals surface area contributed by atoms with Gasteiger partial charge in [-0.25, -0.2) is 4.72 Å². The second kappa shape index (κ2) is 3.37. The maximum atomic E-state index is 11.2. The van der Waals surface area contributed by atoms with Gasteiger partial charge in [0, 0.05) is 6.42 Å². The second-order valence-electron chi connectivity index (χ2n) is 2.58. The molecule has 13 heavy (non-hydrogen) atoms. The number of carbonyl (C=O) groups is 1. The summed E-state index contributed by atoms with van der Waals surface area (Å²) in [4.78, 5) is 11.2. The third kappa shape index (κ3) is 2.00. The third-order valence-electron chi connectivity index (χ3n) is 1.71. The van der Waals surface area contributed by atoms with Crippen molar-refractivity contribution in [1.29, 1.82) is 0 Å². The van der Waals surface area contributed by atoms with Crippen LogP contribution < -0.4 is 4.72 Å². The standard InChI is InChI=1S/C7H11NO4S/c1-3-5-6(4-2)12-13(10,11)8-7(5)9/h3-4H2,1-2H3,(H,8,9). The number of nitrogens with one attached hydrogen (secondary N) is 1. The van der Waals surface area contributed by atoms with Crippen LogP contribution in [0.4, 0.5) is 0 Å². The zero-order valence-corrected chi connectivity index (χ0v) is 8.27. The molecule has 6 heteroatoms. The Bertz CT molecular complexity index is 355. The molecule has 74 valence electrons. The molecule has 1 aliphatic rings. The van der Waals surface area contributed by atoms with Crippen LogP contribution in [0.5, 0.6) is 0 Å². The molecule has 0 spiro atoms. The van der Waals surface area contributed by atoms with Crippen LogP contribution in [0.25, 0.3) is 0 Å². The fraction of sp³-hybridized carbons (Fsp3) is 0.571. The predicted octanol–water partition coefficient (Wildman–Crippen LogP) is 0.452. The monoisotopic (exact) mass is 205 g/mol. The zero-order chi connectivity index (χ0) is 10.1. The van der Waals surface area contributed by atoms with Crippen LogP contribution in [-0.2, 0) is 19.3 Å². The van der Waals surface area contributed by atoms with Gasteiger partial charge in [0.05, 0.1) is 5.57 Å². The Morgan fingerprint density at radius 3 is 2.38 bits per heavy atom. The van der Waals surface area contributed by atoms with Gasteiger partial charge in [0.1, 0.15) is 5.76 Å². The summed E-state index contributed by atoms with van der Waals surface area (Å²) in [6.07, 6.45) is 0.861. The predicted molar refractivity (Wildman–Crippen MR) is 45.8 cm³/mol. The largest absolute Gasteiger partial charge is 0.409 e. The fourth-order valence-corrected chi connectivity index (χ4v) is 2.01. The number of amides is 1. The summed E-state index contributed by atoms with van der Waals surface area (Å²) in [6.45, 7) is 3.50. The third-order valence-corrected chi connectivity index (χ3v) is 2.57. The second-order valence-corrected chi connectivity index (χ2v) is 3.86. The average Bonchev–Trinajstić information content (AvgIpc) is 2.01. The summed E-state index contributed by atoms with van der Waals surface area (Å²) < 4.78 is 28.2. The summed E-state index contributed by atoms with van der Waals surface area (Å²) in [7, 11) is -3.89. The number of hydrogen-bond acceptors (Lipinski definition) is 4. The molecule has 0 radical (unpaired) electrons. The molecule has 0 aromatic carbocycles. The Balaban J connectivity index is 3.14. The van der Waals surface area contributed by atoms with Crippen LogP contribution in [0, 0.1) is 0 Å². The van der Waals surface area contributed by atoms with Crippen molar-refractivity contribution in [2.24, 2.45) is 0 Å². The highest BCUT2D eigenvalue weighted by Crippen LogP contribution is 2.20. The van der Waals surface area contributed by atoms with Crippen LogP contribution >= 0.6 is 0 Å². The summed E-state index contributed by atoms with van der Waals surface area (Å²) in [6, 6.07) is 0. The maximum Gasteiger partial charge on any atom is 0.409 e. The molecular formula is C7H11NO4S. The highest BCUT2D eigenvalue weighted by Gasteiger charge is 2.28. The summed E-state index contributed by atoms with van der Waals surface area (Å²) in [5.41, 5.74) is 0.400. The van der Waals surface area contributed by atoms with Gasteiger partial charge in [0.25, 0.3) is 5.91 Å². The van der Waals surface area contributed by atoms with E-state index < -0.39 is 16.2 Å². The van der Waals surface area contributed by atoms with Gasteiger partial charge in [-0.1, -0.05) is 13.8 Å². The molecule has 0 fully saturated rings. The lowest BCUT2D eigenvalue weighted by atomic mass is 10.1. The topological polar surface area (TPSA) is 72.5 Å². The first-order chi connectivity index (χ1) is 6.00. The van der Waals surface area contributed by atoms with Crippen molar-refractivity contribution in [2.75, 3.05) is 0 Å². The van der Waals surface area contributed by atoms with Crippen LogP contribution in [0.3, 0.4) is 0 Å². The highest BCUT2D eigenvalue weighted by atomic mass is 32.2. The Morgan fingerprint density at radius 1 is 1.31 bits per heavy atom.